The summed E-state index contributed by atoms with van der Waals surface area (Å²) in [6.45, 7) is 2.66. The molecule has 0 saturated carbocycles. The third kappa shape index (κ3) is 3.39. The van der Waals surface area contributed by atoms with Crippen molar-refractivity contribution in [3.63, 3.8) is 0 Å². The van der Waals surface area contributed by atoms with Gasteiger partial charge in [0.1, 0.15) is 17.1 Å². The third-order valence-corrected chi connectivity index (χ3v) is 4.08. The lowest BCUT2D eigenvalue weighted by Gasteiger charge is -2.14. The van der Waals surface area contributed by atoms with E-state index >= 15 is 0 Å². The summed E-state index contributed by atoms with van der Waals surface area (Å²) >= 11 is 0. The van der Waals surface area contributed by atoms with Crippen molar-refractivity contribution >= 4 is 16.9 Å². The quantitative estimate of drug-likeness (QED) is 0.661. The van der Waals surface area contributed by atoms with Crippen molar-refractivity contribution in [3.05, 3.63) is 64.4 Å². The smallest absolute Gasteiger partial charge is 0.341 e. The van der Waals surface area contributed by atoms with Gasteiger partial charge in [-0.2, -0.15) is 0 Å². The van der Waals surface area contributed by atoms with Gasteiger partial charge >= 0.3 is 5.97 Å². The van der Waals surface area contributed by atoms with E-state index in [4.69, 9.17) is 4.74 Å². The van der Waals surface area contributed by atoms with Crippen LogP contribution in [0.2, 0.25) is 0 Å². The van der Waals surface area contributed by atoms with Crippen LogP contribution in [0.25, 0.3) is 16.6 Å². The fourth-order valence-corrected chi connectivity index (χ4v) is 2.74. The third-order valence-electron chi connectivity index (χ3n) is 4.08. The summed E-state index contributed by atoms with van der Waals surface area (Å²) in [5.74, 6) is -0.655. The Morgan fingerprint density at radius 1 is 1.19 bits per heavy atom. The molecule has 0 radical (unpaired) electrons. The summed E-state index contributed by atoms with van der Waals surface area (Å²) in [6, 6.07) is 11.4. The van der Waals surface area contributed by atoms with Crippen LogP contribution in [-0.4, -0.2) is 27.4 Å². The predicted octanol–water partition coefficient (Wildman–Crippen LogP) is 3.57. The Morgan fingerprint density at radius 3 is 2.73 bits per heavy atom. The fraction of sp³-hybridized carbons (Fsp3) is 0.200. The molecule has 6 heteroatoms. The molecule has 0 aliphatic rings. The average molecular weight is 353 g/mol. The van der Waals surface area contributed by atoms with Crippen LogP contribution in [0, 0.1) is 0 Å². The molecular formula is C20H19NO5. The molecule has 2 aromatic carbocycles. The summed E-state index contributed by atoms with van der Waals surface area (Å²) in [7, 11) is 0. The molecule has 0 aliphatic carbocycles. The van der Waals surface area contributed by atoms with Crippen molar-refractivity contribution in [2.24, 2.45) is 0 Å². The van der Waals surface area contributed by atoms with E-state index in [9.17, 15) is 19.8 Å². The molecule has 0 saturated heterocycles. The molecule has 0 amide bonds. The summed E-state index contributed by atoms with van der Waals surface area (Å²) in [6.07, 6.45) is 3.23. The highest BCUT2D eigenvalue weighted by Gasteiger charge is 2.16. The van der Waals surface area contributed by atoms with Gasteiger partial charge in [0.05, 0.1) is 12.1 Å². The molecule has 0 spiro atoms. The van der Waals surface area contributed by atoms with Gasteiger partial charge in [-0.25, -0.2) is 4.79 Å². The minimum atomic E-state index is -1.30. The van der Waals surface area contributed by atoms with Gasteiger partial charge in [-0.15, -0.1) is 0 Å². The number of hydrogen-bond donors (Lipinski definition) is 2. The first-order chi connectivity index (χ1) is 12.5. The Morgan fingerprint density at radius 2 is 2.00 bits per heavy atom. The lowest BCUT2D eigenvalue weighted by molar-refractivity contribution is 0.0695. The highest BCUT2D eigenvalue weighted by molar-refractivity contribution is 5.93. The summed E-state index contributed by atoms with van der Waals surface area (Å²) in [5, 5.41) is 19.4. The Hall–Kier alpha value is -3.28. The normalized spacial score (nSPS) is 10.8. The number of pyridine rings is 1. The summed E-state index contributed by atoms with van der Waals surface area (Å²) in [4.78, 5) is 23.9. The van der Waals surface area contributed by atoms with Crippen LogP contribution in [0.15, 0.2) is 53.5 Å². The minimum Gasteiger partial charge on any atom is -0.508 e. The predicted molar refractivity (Wildman–Crippen MR) is 98.6 cm³/mol. The first kappa shape index (κ1) is 17.5. The van der Waals surface area contributed by atoms with E-state index in [-0.39, 0.29) is 16.7 Å². The molecule has 1 aromatic heterocycles. The van der Waals surface area contributed by atoms with E-state index in [1.807, 2.05) is 6.07 Å². The van der Waals surface area contributed by atoms with Crippen molar-refractivity contribution in [2.75, 3.05) is 6.61 Å². The highest BCUT2D eigenvalue weighted by Crippen LogP contribution is 2.24. The number of carbonyl (C=O) groups is 1. The second kappa shape index (κ2) is 7.31. The van der Waals surface area contributed by atoms with Crippen LogP contribution >= 0.6 is 0 Å². The van der Waals surface area contributed by atoms with Gasteiger partial charge in [-0.05, 0) is 30.7 Å². The maximum Gasteiger partial charge on any atom is 0.341 e. The first-order valence-electron chi connectivity index (χ1n) is 8.36. The largest absolute Gasteiger partial charge is 0.508 e. The molecule has 3 aromatic rings. The average Bonchev–Trinajstić information content (AvgIpc) is 2.62. The van der Waals surface area contributed by atoms with Crippen molar-refractivity contribution in [1.29, 1.82) is 0 Å². The molecule has 3 rings (SSSR count). The molecule has 134 valence electrons. The molecule has 0 aliphatic heterocycles. The van der Waals surface area contributed by atoms with E-state index in [0.29, 0.717) is 23.6 Å². The number of benzene rings is 2. The number of unbranched alkanes of at least 4 members (excludes halogenated alkanes) is 1. The van der Waals surface area contributed by atoms with Crippen molar-refractivity contribution < 1.29 is 19.7 Å². The second-order valence-electron chi connectivity index (χ2n) is 5.95. The summed E-state index contributed by atoms with van der Waals surface area (Å²) < 4.78 is 7.28. The summed E-state index contributed by atoms with van der Waals surface area (Å²) in [5.41, 5.74) is 0.141. The minimum absolute atomic E-state index is 0.0101. The zero-order valence-electron chi connectivity index (χ0n) is 14.3. The molecule has 2 N–H and O–H groups in total. The van der Waals surface area contributed by atoms with E-state index in [1.165, 1.54) is 24.4 Å². The Bertz CT molecular complexity index is 1020. The molecule has 1 heterocycles. The maximum absolute atomic E-state index is 12.4. The van der Waals surface area contributed by atoms with Gasteiger partial charge in [0.15, 0.2) is 0 Å². The number of carboxylic acids is 1. The zero-order valence-corrected chi connectivity index (χ0v) is 14.3. The molecule has 0 unspecified atom stereocenters. The van der Waals surface area contributed by atoms with Crippen LogP contribution < -0.4 is 10.2 Å². The molecule has 26 heavy (non-hydrogen) atoms. The van der Waals surface area contributed by atoms with Crippen LogP contribution in [0.5, 0.6) is 11.5 Å². The van der Waals surface area contributed by atoms with Crippen LogP contribution in [0.4, 0.5) is 0 Å². The number of fused-ring (bicyclic) bond motifs is 1. The standard InChI is InChI=1S/C20H19NO5/c1-2-3-9-26-15-6-4-5-13(10-15)21-12-17(20(24)25)19(23)16-8-7-14(22)11-18(16)21/h4-8,10-12,22H,2-3,9H2,1H3,(H,24,25). The Balaban J connectivity index is 2.19. The number of aromatic carboxylic acids is 1. The van der Waals surface area contributed by atoms with Crippen LogP contribution in [-0.2, 0) is 0 Å². The number of rotatable bonds is 6. The highest BCUT2D eigenvalue weighted by atomic mass is 16.5. The number of phenolic OH excluding ortho intramolecular Hbond substituents is 1. The van der Waals surface area contributed by atoms with Gasteiger partial charge < -0.3 is 19.5 Å². The van der Waals surface area contributed by atoms with E-state index in [1.54, 1.807) is 22.8 Å². The van der Waals surface area contributed by atoms with Gasteiger partial charge in [-0.1, -0.05) is 19.4 Å². The monoisotopic (exact) mass is 353 g/mol. The van der Waals surface area contributed by atoms with Crippen LogP contribution in [0.1, 0.15) is 30.1 Å². The van der Waals surface area contributed by atoms with Crippen molar-refractivity contribution in [2.45, 2.75) is 19.8 Å². The number of nitrogens with zero attached hydrogens (tertiary/aromatic N) is 1. The maximum atomic E-state index is 12.4. The topological polar surface area (TPSA) is 88.8 Å². The van der Waals surface area contributed by atoms with Crippen molar-refractivity contribution in [3.8, 4) is 17.2 Å². The zero-order chi connectivity index (χ0) is 18.7. The number of phenols is 1. The van der Waals surface area contributed by atoms with E-state index in [2.05, 4.69) is 6.92 Å². The Labute approximate surface area is 149 Å². The molecule has 6 nitrogen and oxygen atoms in total. The second-order valence-corrected chi connectivity index (χ2v) is 5.95. The first-order valence-corrected chi connectivity index (χ1v) is 8.36. The van der Waals surface area contributed by atoms with Crippen molar-refractivity contribution in [1.82, 2.24) is 4.57 Å². The van der Waals surface area contributed by atoms with Crippen LogP contribution in [0.3, 0.4) is 0 Å². The number of carboxylic acid groups (broad SMARTS) is 1. The molecule has 0 atom stereocenters. The van der Waals surface area contributed by atoms with E-state index < -0.39 is 11.4 Å². The number of hydrogen-bond acceptors (Lipinski definition) is 4. The number of ether oxygens (including phenoxy) is 1. The number of aromatic hydroxyl groups is 1. The SMILES string of the molecule is CCCCOc1cccc(-n2cc(C(=O)O)c(=O)c3ccc(O)cc32)c1. The van der Waals surface area contributed by atoms with E-state index in [0.717, 1.165) is 12.8 Å². The lowest BCUT2D eigenvalue weighted by Crippen LogP contribution is -2.18. The van der Waals surface area contributed by atoms with Gasteiger partial charge in [0.25, 0.3) is 0 Å². The molecular weight excluding hydrogens is 334 g/mol. The molecule has 0 bridgehead atoms. The van der Waals surface area contributed by atoms with Gasteiger partial charge in [0.2, 0.25) is 5.43 Å². The fourth-order valence-electron chi connectivity index (χ4n) is 2.74. The lowest BCUT2D eigenvalue weighted by atomic mass is 10.1. The van der Waals surface area contributed by atoms with Gasteiger partial charge in [-0.3, -0.25) is 4.79 Å². The number of aromatic nitrogens is 1. The Kier molecular flexibility index (Phi) is 4.93. The van der Waals surface area contributed by atoms with Gasteiger partial charge in [0, 0.05) is 29.4 Å². The molecule has 0 fully saturated rings.